The fraction of sp³-hybridized carbons (Fsp3) is 0.360. The average molecular weight is 420 g/mol. The largest absolute Gasteiger partial charge is 0.353 e. The third-order valence-corrected chi connectivity index (χ3v) is 7.17. The van der Waals surface area contributed by atoms with Crippen LogP contribution in [0, 0.1) is 12.8 Å². The van der Waals surface area contributed by atoms with Crippen molar-refractivity contribution in [2.45, 2.75) is 51.1 Å². The fourth-order valence-electron chi connectivity index (χ4n) is 5.83. The van der Waals surface area contributed by atoms with E-state index < -0.39 is 0 Å². The summed E-state index contributed by atoms with van der Waals surface area (Å²) in [7, 11) is 0. The Morgan fingerprint density at radius 1 is 1.23 bits per heavy atom. The van der Waals surface area contributed by atoms with Crippen LogP contribution in [0.25, 0.3) is 0 Å². The van der Waals surface area contributed by atoms with Crippen molar-refractivity contribution in [3.63, 3.8) is 0 Å². The van der Waals surface area contributed by atoms with Crippen molar-refractivity contribution in [1.82, 2.24) is 14.9 Å². The molecule has 0 amide bonds. The molecule has 3 atom stereocenters. The van der Waals surface area contributed by atoms with E-state index in [0.717, 1.165) is 49.1 Å². The topological polar surface area (TPSA) is 49.0 Å². The van der Waals surface area contributed by atoms with E-state index in [1.165, 1.54) is 22.4 Å². The summed E-state index contributed by atoms with van der Waals surface area (Å²) < 4.78 is 0. The van der Waals surface area contributed by atoms with E-state index >= 15 is 0 Å². The second-order valence-corrected chi connectivity index (χ2v) is 8.71. The highest BCUT2D eigenvalue weighted by atomic mass is 35.5. The van der Waals surface area contributed by atoms with Crippen LogP contribution in [0.4, 0.5) is 0 Å². The van der Waals surface area contributed by atoms with E-state index in [-0.39, 0.29) is 36.2 Å². The second kappa shape index (κ2) is 7.28. The number of aromatic amines is 1. The Hall–Kier alpha value is -2.59. The van der Waals surface area contributed by atoms with Gasteiger partial charge in [-0.2, -0.15) is 0 Å². The number of halogens is 1. The van der Waals surface area contributed by atoms with Crippen LogP contribution in [0.15, 0.2) is 76.8 Å². The van der Waals surface area contributed by atoms with Gasteiger partial charge in [0.05, 0.1) is 24.1 Å². The van der Waals surface area contributed by atoms with Crippen molar-refractivity contribution in [1.29, 1.82) is 0 Å². The van der Waals surface area contributed by atoms with Crippen LogP contribution < -0.4 is 0 Å². The Kier molecular flexibility index (Phi) is 4.70. The molecule has 3 unspecified atom stereocenters. The monoisotopic (exact) mass is 419 g/mol. The number of fused-ring (bicyclic) bond motifs is 4. The van der Waals surface area contributed by atoms with Gasteiger partial charge in [-0.05, 0) is 67.7 Å². The van der Waals surface area contributed by atoms with Gasteiger partial charge in [0.2, 0.25) is 0 Å². The van der Waals surface area contributed by atoms with Crippen LogP contribution in [0.3, 0.4) is 0 Å². The molecule has 0 spiro atoms. The van der Waals surface area contributed by atoms with Crippen LogP contribution >= 0.6 is 12.4 Å². The molecule has 6 rings (SSSR count). The van der Waals surface area contributed by atoms with E-state index in [2.05, 4.69) is 58.2 Å². The summed E-state index contributed by atoms with van der Waals surface area (Å²) in [5.41, 5.74) is 8.43. The number of nitrogens with zero attached hydrogens (tertiary/aromatic N) is 2. The number of aryl methyl sites for hydroxylation is 1. The predicted octanol–water partition coefficient (Wildman–Crippen LogP) is 4.68. The molecule has 5 heteroatoms. The zero-order valence-electron chi connectivity index (χ0n) is 17.1. The molecule has 1 N–H and O–H groups in total. The summed E-state index contributed by atoms with van der Waals surface area (Å²) >= 11 is 0. The minimum atomic E-state index is 0. The molecule has 1 aromatic rings. The van der Waals surface area contributed by atoms with Crippen LogP contribution in [0.5, 0.6) is 0 Å². The number of carbonyl (C=O) groups excluding carboxylic acids is 1. The quantitative estimate of drug-likeness (QED) is 0.757. The van der Waals surface area contributed by atoms with Crippen molar-refractivity contribution >= 4 is 18.2 Å². The zero-order chi connectivity index (χ0) is 19.5. The number of rotatable bonds is 2. The minimum Gasteiger partial charge on any atom is -0.353 e. The van der Waals surface area contributed by atoms with Gasteiger partial charge in [-0.3, -0.25) is 4.79 Å². The lowest BCUT2D eigenvalue weighted by molar-refractivity contribution is -0.112. The smallest absolute Gasteiger partial charge is 0.184 e. The lowest BCUT2D eigenvalue weighted by Gasteiger charge is -2.39. The van der Waals surface area contributed by atoms with Gasteiger partial charge in [-0.1, -0.05) is 36.5 Å². The lowest BCUT2D eigenvalue weighted by atomic mass is 9.78. The summed E-state index contributed by atoms with van der Waals surface area (Å²) in [6, 6.07) is 0.549. The van der Waals surface area contributed by atoms with Gasteiger partial charge in [0.15, 0.2) is 5.78 Å². The van der Waals surface area contributed by atoms with Crippen molar-refractivity contribution in [3.8, 4) is 0 Å². The summed E-state index contributed by atoms with van der Waals surface area (Å²) in [6.45, 7) is 2.07. The van der Waals surface area contributed by atoms with Crippen LogP contribution in [0.2, 0.25) is 0 Å². The highest BCUT2D eigenvalue weighted by Gasteiger charge is 2.46. The number of hydrogen-bond donors (Lipinski definition) is 1. The molecule has 4 nitrogen and oxygen atoms in total. The van der Waals surface area contributed by atoms with E-state index in [1.807, 2.05) is 6.08 Å². The number of H-pyrrole nitrogens is 1. The first kappa shape index (κ1) is 19.4. The van der Waals surface area contributed by atoms with Crippen molar-refractivity contribution in [2.24, 2.45) is 5.92 Å². The van der Waals surface area contributed by atoms with Gasteiger partial charge < -0.3 is 9.88 Å². The molecule has 1 aromatic heterocycles. The molecular weight excluding hydrogens is 394 g/mol. The zero-order valence-corrected chi connectivity index (χ0v) is 17.9. The van der Waals surface area contributed by atoms with Crippen molar-refractivity contribution < 1.29 is 4.79 Å². The second-order valence-electron chi connectivity index (χ2n) is 8.71. The molecule has 3 aliphatic carbocycles. The Morgan fingerprint density at radius 3 is 2.97 bits per heavy atom. The highest BCUT2D eigenvalue weighted by molar-refractivity contribution is 6.07. The molecule has 0 saturated carbocycles. The number of ketones is 1. The number of carbonyl (C=O) groups is 1. The first-order valence-electron chi connectivity index (χ1n) is 10.7. The van der Waals surface area contributed by atoms with Gasteiger partial charge in [0.25, 0.3) is 0 Å². The van der Waals surface area contributed by atoms with E-state index in [9.17, 15) is 4.79 Å². The van der Waals surface area contributed by atoms with Gasteiger partial charge >= 0.3 is 0 Å². The molecule has 0 fully saturated rings. The van der Waals surface area contributed by atoms with Crippen molar-refractivity contribution in [3.05, 3.63) is 88.2 Å². The Labute approximate surface area is 183 Å². The van der Waals surface area contributed by atoms with Gasteiger partial charge in [0, 0.05) is 17.0 Å². The van der Waals surface area contributed by atoms with Gasteiger partial charge in [-0.25, -0.2) is 4.98 Å². The van der Waals surface area contributed by atoms with Gasteiger partial charge in [0.1, 0.15) is 0 Å². The number of imidazole rings is 1. The summed E-state index contributed by atoms with van der Waals surface area (Å²) in [5, 5.41) is 0. The maximum absolute atomic E-state index is 13.6. The summed E-state index contributed by atoms with van der Waals surface area (Å²) in [5.74, 6) is 0.428. The molecule has 0 radical (unpaired) electrons. The fourth-order valence-corrected chi connectivity index (χ4v) is 5.83. The normalized spacial score (nSPS) is 28.7. The van der Waals surface area contributed by atoms with E-state index in [1.54, 1.807) is 6.33 Å². The first-order valence-corrected chi connectivity index (χ1v) is 10.7. The molecule has 5 aliphatic rings. The summed E-state index contributed by atoms with van der Waals surface area (Å²) in [6.07, 6.45) is 22.0. The predicted molar refractivity (Wildman–Crippen MR) is 120 cm³/mol. The third kappa shape index (κ3) is 2.73. The van der Waals surface area contributed by atoms with Crippen molar-refractivity contribution in [2.75, 3.05) is 0 Å². The van der Waals surface area contributed by atoms with Crippen LogP contribution in [0.1, 0.15) is 37.1 Å². The third-order valence-electron chi connectivity index (χ3n) is 7.17. The Morgan fingerprint density at radius 2 is 2.13 bits per heavy atom. The number of allylic oxidation sites excluding steroid dienone is 6. The Balaban J connectivity index is 0.00000193. The van der Waals surface area contributed by atoms with E-state index in [4.69, 9.17) is 0 Å². The van der Waals surface area contributed by atoms with Gasteiger partial charge in [-0.15, -0.1) is 12.4 Å². The minimum absolute atomic E-state index is 0. The lowest BCUT2D eigenvalue weighted by Crippen LogP contribution is -2.41. The molecule has 3 heterocycles. The van der Waals surface area contributed by atoms with Crippen LogP contribution in [-0.2, 0) is 11.2 Å². The number of aromatic nitrogens is 2. The molecule has 2 aliphatic heterocycles. The highest BCUT2D eigenvalue weighted by Crippen LogP contribution is 2.50. The standard InChI is InChI=1S/C25H25N3O.ClH/c1-15-20(27-14-26-15)12-17-10-11-19-18-7-3-5-9-22(18)28-21-8-4-2-6-16(21)13-23(29)24(17)25(19)28;/h2-3,5-7,9,13-14,17,21-22H,4,8,10-12H2,1H3,(H,26,27);1H. The molecular formula is C25H26ClN3O. The molecule has 0 bridgehead atoms. The number of hydrogen-bond acceptors (Lipinski definition) is 3. The number of nitrogens with one attached hydrogen (secondary N) is 1. The Bertz CT molecular complexity index is 1100. The van der Waals surface area contributed by atoms with Crippen LogP contribution in [-0.4, -0.2) is 32.7 Å². The first-order chi connectivity index (χ1) is 14.2. The molecule has 0 saturated heterocycles. The maximum atomic E-state index is 13.6. The molecule has 154 valence electrons. The average Bonchev–Trinajstić information content (AvgIpc) is 3.25. The SMILES string of the molecule is Cc1[nH]cnc1CC1CCC2=C3C=CC=CC3N3C2=C1C(=O)C=C1C=CCCC13.Cl. The van der Waals surface area contributed by atoms with E-state index in [0.29, 0.717) is 0 Å². The molecule has 30 heavy (non-hydrogen) atoms. The summed E-state index contributed by atoms with van der Waals surface area (Å²) in [4.78, 5) is 23.9. The maximum Gasteiger partial charge on any atom is 0.184 e. The molecule has 0 aromatic carbocycles.